The average Bonchev–Trinajstić information content (AvgIpc) is 3.17. The van der Waals surface area contributed by atoms with E-state index in [0.29, 0.717) is 17.5 Å². The molecule has 0 spiro atoms. The van der Waals surface area contributed by atoms with Gasteiger partial charge in [0.05, 0.1) is 12.2 Å². The molecule has 0 bridgehead atoms. The number of aromatic nitrogens is 3. The first kappa shape index (κ1) is 18.3. The number of amides is 2. The van der Waals surface area contributed by atoms with E-state index in [1.165, 1.54) is 11.8 Å². The van der Waals surface area contributed by atoms with Crippen LogP contribution in [0.3, 0.4) is 0 Å². The van der Waals surface area contributed by atoms with Crippen LogP contribution in [0.5, 0.6) is 0 Å². The van der Waals surface area contributed by atoms with Crippen molar-refractivity contribution in [3.8, 4) is 0 Å². The summed E-state index contributed by atoms with van der Waals surface area (Å²) in [4.78, 5) is 29.7. The topological polar surface area (TPSA) is 94.2 Å². The largest absolute Gasteiger partial charge is 0.347 e. The molecule has 2 N–H and O–H groups in total. The van der Waals surface area contributed by atoms with Crippen molar-refractivity contribution >= 4 is 17.5 Å². The number of carbonyl (C=O) groups excluding carboxylic acids is 2. The fourth-order valence-electron chi connectivity index (χ4n) is 5.39. The summed E-state index contributed by atoms with van der Waals surface area (Å²) < 4.78 is 0. The van der Waals surface area contributed by atoms with Crippen LogP contribution >= 0.6 is 0 Å². The van der Waals surface area contributed by atoms with Gasteiger partial charge in [-0.25, -0.2) is 0 Å². The molecule has 3 aliphatic rings. The van der Waals surface area contributed by atoms with Gasteiger partial charge in [-0.15, -0.1) is 0 Å². The van der Waals surface area contributed by atoms with Crippen LogP contribution in [0.25, 0.3) is 0 Å². The van der Waals surface area contributed by atoms with Crippen LogP contribution in [0.4, 0.5) is 5.69 Å². The second-order valence-corrected chi connectivity index (χ2v) is 8.68. The molecule has 3 heterocycles. The summed E-state index contributed by atoms with van der Waals surface area (Å²) in [6, 6.07) is 4.44. The summed E-state index contributed by atoms with van der Waals surface area (Å²) in [7, 11) is 0. The summed E-state index contributed by atoms with van der Waals surface area (Å²) in [5, 5.41) is 13.0. The summed E-state index contributed by atoms with van der Waals surface area (Å²) in [6.45, 7) is 8.76. The van der Waals surface area contributed by atoms with Gasteiger partial charge < -0.3 is 10.2 Å². The highest BCUT2D eigenvalue weighted by molar-refractivity contribution is 6.00. The summed E-state index contributed by atoms with van der Waals surface area (Å²) in [6.07, 6.45) is 2.29. The fourth-order valence-corrected chi connectivity index (χ4v) is 5.39. The van der Waals surface area contributed by atoms with E-state index in [1.807, 2.05) is 4.90 Å². The Balaban J connectivity index is 1.22. The zero-order chi connectivity index (χ0) is 20.3. The molecule has 8 nitrogen and oxygen atoms in total. The number of likely N-dealkylation sites (tertiary alicyclic amines) is 1. The number of rotatable bonds is 4. The number of piperidine rings is 1. The van der Waals surface area contributed by atoms with E-state index < -0.39 is 0 Å². The Kier molecular flexibility index (Phi) is 4.20. The standard InChI is InChI=1S/C21H26N6O2/c1-11-6-12(2)19(13(3)7-11)27-5-4-17(21(27)29)26-9-14-15(10-26)18(14)23-20(28)16-8-22-25-24-16/h6-8,14-15,17-18H,4-5,9-10H2,1-3H3,(H,23,28)(H,22,24,25)/t14-,15+,17?,18?. The molecule has 1 aromatic carbocycles. The second kappa shape index (κ2) is 6.66. The Bertz CT molecular complexity index is 937. The van der Waals surface area contributed by atoms with Gasteiger partial charge in [-0.3, -0.25) is 14.5 Å². The predicted octanol–water partition coefficient (Wildman–Crippen LogP) is 1.20. The van der Waals surface area contributed by atoms with Crippen molar-refractivity contribution in [2.24, 2.45) is 11.8 Å². The number of aryl methyl sites for hydroxylation is 3. The number of fused-ring (bicyclic) bond motifs is 1. The van der Waals surface area contributed by atoms with Gasteiger partial charge in [0.15, 0.2) is 5.69 Å². The number of hydrogen-bond donors (Lipinski definition) is 2. The molecule has 29 heavy (non-hydrogen) atoms. The second-order valence-electron chi connectivity index (χ2n) is 8.68. The number of benzene rings is 1. The van der Waals surface area contributed by atoms with Crippen LogP contribution in [0, 0.1) is 32.6 Å². The lowest BCUT2D eigenvalue weighted by Gasteiger charge is -2.27. The lowest BCUT2D eigenvalue weighted by molar-refractivity contribution is -0.121. The van der Waals surface area contributed by atoms with Crippen LogP contribution in [0.15, 0.2) is 18.3 Å². The number of nitrogens with one attached hydrogen (secondary N) is 2. The molecular weight excluding hydrogens is 368 g/mol. The van der Waals surface area contributed by atoms with Crippen LogP contribution in [0.1, 0.15) is 33.6 Å². The molecule has 2 aliphatic heterocycles. The highest BCUT2D eigenvalue weighted by atomic mass is 16.2. The fraction of sp³-hybridized carbons (Fsp3) is 0.524. The maximum absolute atomic E-state index is 13.2. The third kappa shape index (κ3) is 3.02. The normalized spacial score (nSPS) is 28.7. The first-order chi connectivity index (χ1) is 13.9. The van der Waals surface area contributed by atoms with Crippen LogP contribution in [-0.4, -0.2) is 63.8 Å². The predicted molar refractivity (Wildman–Crippen MR) is 108 cm³/mol. The zero-order valence-electron chi connectivity index (χ0n) is 17.0. The van der Waals surface area contributed by atoms with Gasteiger partial charge in [0, 0.05) is 31.4 Å². The van der Waals surface area contributed by atoms with E-state index in [9.17, 15) is 9.59 Å². The molecule has 5 rings (SSSR count). The van der Waals surface area contributed by atoms with Crippen molar-refractivity contribution in [3.05, 3.63) is 40.7 Å². The van der Waals surface area contributed by atoms with Crippen molar-refractivity contribution in [2.75, 3.05) is 24.5 Å². The highest BCUT2D eigenvalue weighted by Gasteiger charge is 2.58. The van der Waals surface area contributed by atoms with Crippen LogP contribution in [0.2, 0.25) is 0 Å². The van der Waals surface area contributed by atoms with Crippen molar-refractivity contribution in [2.45, 2.75) is 39.3 Å². The van der Waals surface area contributed by atoms with E-state index in [0.717, 1.165) is 42.9 Å². The molecule has 1 aliphatic carbocycles. The van der Waals surface area contributed by atoms with Gasteiger partial charge >= 0.3 is 0 Å². The maximum atomic E-state index is 13.2. The van der Waals surface area contributed by atoms with Gasteiger partial charge in [-0.1, -0.05) is 17.7 Å². The Hall–Kier alpha value is -2.74. The van der Waals surface area contributed by atoms with Gasteiger partial charge in [0.2, 0.25) is 5.91 Å². The molecule has 8 heteroatoms. The van der Waals surface area contributed by atoms with Gasteiger partial charge in [0.25, 0.3) is 5.91 Å². The van der Waals surface area contributed by atoms with Gasteiger partial charge in [-0.05, 0) is 50.2 Å². The quantitative estimate of drug-likeness (QED) is 0.813. The molecule has 2 amide bonds. The van der Waals surface area contributed by atoms with E-state index in [-0.39, 0.29) is 23.9 Å². The number of carbonyl (C=O) groups is 2. The van der Waals surface area contributed by atoms with Crippen molar-refractivity contribution in [1.29, 1.82) is 0 Å². The summed E-state index contributed by atoms with van der Waals surface area (Å²) >= 11 is 0. The number of anilines is 1. The van der Waals surface area contributed by atoms with Crippen molar-refractivity contribution < 1.29 is 9.59 Å². The van der Waals surface area contributed by atoms with E-state index in [1.54, 1.807) is 0 Å². The van der Waals surface area contributed by atoms with E-state index >= 15 is 0 Å². The van der Waals surface area contributed by atoms with Crippen molar-refractivity contribution in [1.82, 2.24) is 25.6 Å². The van der Waals surface area contributed by atoms with Crippen LogP contribution in [-0.2, 0) is 4.79 Å². The third-order valence-electron chi connectivity index (χ3n) is 6.69. The summed E-state index contributed by atoms with van der Waals surface area (Å²) in [5.41, 5.74) is 4.94. The van der Waals surface area contributed by atoms with E-state index in [2.05, 4.69) is 58.5 Å². The molecule has 2 aromatic rings. The minimum Gasteiger partial charge on any atom is -0.347 e. The molecule has 1 aromatic heterocycles. The molecule has 3 fully saturated rings. The number of hydrogen-bond acceptors (Lipinski definition) is 5. The minimum absolute atomic E-state index is 0.0465. The number of aromatic amines is 1. The molecule has 2 saturated heterocycles. The highest BCUT2D eigenvalue weighted by Crippen LogP contribution is 2.47. The minimum atomic E-state index is -0.182. The maximum Gasteiger partial charge on any atom is 0.273 e. The first-order valence-electron chi connectivity index (χ1n) is 10.2. The van der Waals surface area contributed by atoms with Crippen molar-refractivity contribution in [3.63, 3.8) is 0 Å². The molecule has 0 radical (unpaired) electrons. The third-order valence-corrected chi connectivity index (χ3v) is 6.69. The Morgan fingerprint density at radius 2 is 1.86 bits per heavy atom. The monoisotopic (exact) mass is 394 g/mol. The van der Waals surface area contributed by atoms with Gasteiger partial charge in [0.1, 0.15) is 0 Å². The van der Waals surface area contributed by atoms with Crippen LogP contribution < -0.4 is 10.2 Å². The Morgan fingerprint density at radius 1 is 1.17 bits per heavy atom. The molecular formula is C21H26N6O2. The molecule has 4 atom stereocenters. The molecule has 152 valence electrons. The first-order valence-corrected chi connectivity index (χ1v) is 10.2. The smallest absolute Gasteiger partial charge is 0.273 e. The average molecular weight is 394 g/mol. The number of H-pyrrole nitrogens is 1. The Labute approximate surface area is 169 Å². The number of nitrogens with zero attached hydrogens (tertiary/aromatic N) is 4. The lowest BCUT2D eigenvalue weighted by atomic mass is 10.0. The summed E-state index contributed by atoms with van der Waals surface area (Å²) in [5.74, 6) is 0.883. The van der Waals surface area contributed by atoms with E-state index in [4.69, 9.17) is 0 Å². The zero-order valence-corrected chi connectivity index (χ0v) is 17.0. The van der Waals surface area contributed by atoms with Gasteiger partial charge in [-0.2, -0.15) is 15.4 Å². The molecule has 2 unspecified atom stereocenters. The lowest BCUT2D eigenvalue weighted by Crippen LogP contribution is -2.44. The Morgan fingerprint density at radius 3 is 2.48 bits per heavy atom. The SMILES string of the molecule is Cc1cc(C)c(N2CCC(N3C[C@@H]4C(NC(=O)c5cn[nH]n5)[C@@H]4C3)C2=O)c(C)c1. The molecule has 1 saturated carbocycles.